The first-order chi connectivity index (χ1) is 12.7. The number of aryl methyl sites for hydroxylation is 2. The maximum absolute atomic E-state index is 4.92. The minimum atomic E-state index is 0.971. The van der Waals surface area contributed by atoms with Crippen molar-refractivity contribution in [2.75, 3.05) is 0 Å². The van der Waals surface area contributed by atoms with Gasteiger partial charge in [-0.05, 0) is 49.2 Å². The molecular formula is C23H20N2S. The van der Waals surface area contributed by atoms with Crippen molar-refractivity contribution in [3.05, 3.63) is 100 Å². The molecule has 1 aromatic heterocycles. The summed E-state index contributed by atoms with van der Waals surface area (Å²) in [5.74, 6) is 0. The van der Waals surface area contributed by atoms with Gasteiger partial charge in [0.2, 0.25) is 0 Å². The first kappa shape index (κ1) is 16.6. The maximum atomic E-state index is 4.92. The summed E-state index contributed by atoms with van der Waals surface area (Å²) in [5.41, 5.74) is 6.94. The molecule has 3 aromatic carbocycles. The van der Waals surface area contributed by atoms with Crippen LogP contribution in [0.5, 0.6) is 0 Å². The Kier molecular flexibility index (Phi) is 4.55. The zero-order chi connectivity index (χ0) is 17.9. The van der Waals surface area contributed by atoms with Crippen molar-refractivity contribution in [2.24, 2.45) is 4.99 Å². The van der Waals surface area contributed by atoms with Gasteiger partial charge in [-0.25, -0.2) is 4.99 Å². The number of aromatic nitrogens is 1. The van der Waals surface area contributed by atoms with Crippen molar-refractivity contribution in [3.8, 4) is 16.9 Å². The second kappa shape index (κ2) is 7.14. The van der Waals surface area contributed by atoms with E-state index in [-0.39, 0.29) is 0 Å². The normalized spacial score (nSPS) is 11.7. The lowest BCUT2D eigenvalue weighted by Gasteiger charge is -2.10. The molecule has 0 unspecified atom stereocenters. The van der Waals surface area contributed by atoms with Crippen LogP contribution in [0.1, 0.15) is 11.1 Å². The number of hydrogen-bond donors (Lipinski definition) is 0. The molecule has 0 saturated heterocycles. The van der Waals surface area contributed by atoms with E-state index in [1.165, 1.54) is 16.7 Å². The molecule has 2 nitrogen and oxygen atoms in total. The van der Waals surface area contributed by atoms with Crippen molar-refractivity contribution in [1.29, 1.82) is 0 Å². The Morgan fingerprint density at radius 1 is 0.769 bits per heavy atom. The maximum Gasteiger partial charge on any atom is 0.195 e. The number of rotatable bonds is 3. The molecule has 0 aliphatic rings. The molecule has 0 radical (unpaired) electrons. The lowest BCUT2D eigenvalue weighted by Crippen LogP contribution is -2.13. The molecule has 0 saturated carbocycles. The first-order valence-corrected chi connectivity index (χ1v) is 9.53. The quantitative estimate of drug-likeness (QED) is 0.425. The predicted molar refractivity (Wildman–Crippen MR) is 110 cm³/mol. The molecule has 4 rings (SSSR count). The molecule has 26 heavy (non-hydrogen) atoms. The standard InChI is InChI=1S/C23H20N2S/c1-17-11-13-20(14-12-17)24-23-25(21-10-6-7-18(2)15-21)22(16-26-23)19-8-4-3-5-9-19/h3-16H,1-2H3. The summed E-state index contributed by atoms with van der Waals surface area (Å²) in [6.45, 7) is 4.21. The summed E-state index contributed by atoms with van der Waals surface area (Å²) < 4.78 is 2.24. The molecule has 0 aliphatic carbocycles. The number of thiazole rings is 1. The minimum Gasteiger partial charge on any atom is -0.285 e. The topological polar surface area (TPSA) is 17.3 Å². The summed E-state index contributed by atoms with van der Waals surface area (Å²) in [5, 5.41) is 2.19. The van der Waals surface area contributed by atoms with Gasteiger partial charge in [-0.1, -0.05) is 60.2 Å². The second-order valence-corrected chi connectivity index (χ2v) is 7.23. The summed E-state index contributed by atoms with van der Waals surface area (Å²) in [6.07, 6.45) is 0. The van der Waals surface area contributed by atoms with Crippen molar-refractivity contribution >= 4 is 17.0 Å². The Morgan fingerprint density at radius 3 is 2.27 bits per heavy atom. The van der Waals surface area contributed by atoms with Gasteiger partial charge in [0, 0.05) is 11.1 Å². The molecule has 0 aliphatic heterocycles. The Bertz CT molecular complexity index is 1090. The highest BCUT2D eigenvalue weighted by Crippen LogP contribution is 2.24. The number of nitrogens with zero attached hydrogens (tertiary/aromatic N) is 2. The van der Waals surface area contributed by atoms with Crippen LogP contribution in [-0.4, -0.2) is 4.57 Å². The molecule has 0 fully saturated rings. The van der Waals surface area contributed by atoms with E-state index >= 15 is 0 Å². The minimum absolute atomic E-state index is 0.971. The average molecular weight is 356 g/mol. The van der Waals surface area contributed by atoms with Crippen molar-refractivity contribution in [1.82, 2.24) is 4.57 Å². The molecule has 0 spiro atoms. The fourth-order valence-corrected chi connectivity index (χ4v) is 3.87. The van der Waals surface area contributed by atoms with Crippen LogP contribution in [0.25, 0.3) is 16.9 Å². The van der Waals surface area contributed by atoms with Gasteiger partial charge in [-0.2, -0.15) is 0 Å². The van der Waals surface area contributed by atoms with Crippen LogP contribution in [0, 0.1) is 13.8 Å². The van der Waals surface area contributed by atoms with E-state index in [0.717, 1.165) is 21.9 Å². The highest BCUT2D eigenvalue weighted by atomic mass is 32.1. The van der Waals surface area contributed by atoms with Gasteiger partial charge in [0.15, 0.2) is 4.80 Å². The van der Waals surface area contributed by atoms with E-state index < -0.39 is 0 Å². The first-order valence-electron chi connectivity index (χ1n) is 8.65. The zero-order valence-electron chi connectivity index (χ0n) is 14.9. The molecule has 0 atom stereocenters. The van der Waals surface area contributed by atoms with Crippen molar-refractivity contribution < 1.29 is 0 Å². The van der Waals surface area contributed by atoms with Crippen LogP contribution in [0.4, 0.5) is 5.69 Å². The Hall–Kier alpha value is -2.91. The lowest BCUT2D eigenvalue weighted by molar-refractivity contribution is 1.01. The van der Waals surface area contributed by atoms with Crippen LogP contribution < -0.4 is 4.80 Å². The largest absolute Gasteiger partial charge is 0.285 e. The monoisotopic (exact) mass is 356 g/mol. The van der Waals surface area contributed by atoms with E-state index in [0.29, 0.717) is 0 Å². The SMILES string of the molecule is Cc1ccc(N=c2scc(-c3ccccc3)n2-c2cccc(C)c2)cc1. The fourth-order valence-electron chi connectivity index (χ4n) is 2.95. The summed E-state index contributed by atoms with van der Waals surface area (Å²) >= 11 is 1.67. The Morgan fingerprint density at radius 2 is 1.54 bits per heavy atom. The van der Waals surface area contributed by atoms with E-state index in [2.05, 4.69) is 96.6 Å². The lowest BCUT2D eigenvalue weighted by atomic mass is 10.1. The van der Waals surface area contributed by atoms with Crippen LogP contribution in [0.2, 0.25) is 0 Å². The number of benzene rings is 3. The second-order valence-electron chi connectivity index (χ2n) is 6.39. The van der Waals surface area contributed by atoms with Crippen LogP contribution in [0.15, 0.2) is 89.2 Å². The van der Waals surface area contributed by atoms with Gasteiger partial charge in [-0.3, -0.25) is 4.57 Å². The Balaban J connectivity index is 1.95. The summed E-state index contributed by atoms with van der Waals surface area (Å²) in [4.78, 5) is 5.89. The smallest absolute Gasteiger partial charge is 0.195 e. The molecule has 1 heterocycles. The van der Waals surface area contributed by atoms with Gasteiger partial charge < -0.3 is 0 Å². The van der Waals surface area contributed by atoms with Gasteiger partial charge in [-0.15, -0.1) is 11.3 Å². The van der Waals surface area contributed by atoms with E-state index in [9.17, 15) is 0 Å². The summed E-state index contributed by atoms with van der Waals surface area (Å²) in [6, 6.07) is 27.4. The third-order valence-corrected chi connectivity index (χ3v) is 5.12. The molecule has 3 heteroatoms. The van der Waals surface area contributed by atoms with E-state index in [1.54, 1.807) is 11.3 Å². The third-order valence-electron chi connectivity index (χ3n) is 4.30. The van der Waals surface area contributed by atoms with Crippen LogP contribution >= 0.6 is 11.3 Å². The summed E-state index contributed by atoms with van der Waals surface area (Å²) in [7, 11) is 0. The molecule has 128 valence electrons. The van der Waals surface area contributed by atoms with Crippen molar-refractivity contribution in [3.63, 3.8) is 0 Å². The predicted octanol–water partition coefficient (Wildman–Crippen LogP) is 6.06. The van der Waals surface area contributed by atoms with E-state index in [4.69, 9.17) is 4.99 Å². The molecular weight excluding hydrogens is 336 g/mol. The van der Waals surface area contributed by atoms with Crippen molar-refractivity contribution in [2.45, 2.75) is 13.8 Å². The molecule has 4 aromatic rings. The molecule has 0 N–H and O–H groups in total. The van der Waals surface area contributed by atoms with Crippen LogP contribution in [0.3, 0.4) is 0 Å². The fraction of sp³-hybridized carbons (Fsp3) is 0.0870. The number of hydrogen-bond acceptors (Lipinski definition) is 2. The highest BCUT2D eigenvalue weighted by Gasteiger charge is 2.10. The highest BCUT2D eigenvalue weighted by molar-refractivity contribution is 7.07. The van der Waals surface area contributed by atoms with Crippen LogP contribution in [-0.2, 0) is 0 Å². The average Bonchev–Trinajstić information content (AvgIpc) is 3.08. The molecule has 0 amide bonds. The third kappa shape index (κ3) is 3.39. The molecule has 0 bridgehead atoms. The zero-order valence-corrected chi connectivity index (χ0v) is 15.7. The van der Waals surface area contributed by atoms with E-state index in [1.807, 2.05) is 6.07 Å². The van der Waals surface area contributed by atoms with Gasteiger partial charge >= 0.3 is 0 Å². The van der Waals surface area contributed by atoms with Gasteiger partial charge in [0.05, 0.1) is 11.4 Å². The Labute approximate surface area is 157 Å². The van der Waals surface area contributed by atoms with Gasteiger partial charge in [0.1, 0.15) is 0 Å². The van der Waals surface area contributed by atoms with Gasteiger partial charge in [0.25, 0.3) is 0 Å².